The molecule has 0 bridgehead atoms. The normalized spacial score (nSPS) is 26.8. The average Bonchev–Trinajstić information content (AvgIpc) is 2.88. The topological polar surface area (TPSA) is 32.5 Å². The van der Waals surface area contributed by atoms with Crippen LogP contribution in [0.1, 0.15) is 36.5 Å². The smallest absolute Gasteiger partial charge is 0.103 e. The van der Waals surface area contributed by atoms with Gasteiger partial charge in [0, 0.05) is 37.3 Å². The van der Waals surface area contributed by atoms with Crippen LogP contribution in [0.2, 0.25) is 0 Å². The van der Waals surface area contributed by atoms with Crippen molar-refractivity contribution in [2.45, 2.75) is 45.3 Å². The van der Waals surface area contributed by atoms with Crippen LogP contribution in [-0.2, 0) is 6.54 Å². The molecule has 114 valence electrons. The molecule has 2 atom stereocenters. The molecular formula is C17H25N3S. The molecule has 21 heavy (non-hydrogen) atoms. The predicted octanol–water partition coefficient (Wildman–Crippen LogP) is 2.30. The quantitative estimate of drug-likeness (QED) is 0.869. The fourth-order valence-corrected chi connectivity index (χ4v) is 3.84. The Morgan fingerprint density at radius 3 is 2.90 bits per heavy atom. The van der Waals surface area contributed by atoms with Crippen LogP contribution in [0.3, 0.4) is 0 Å². The lowest BCUT2D eigenvalue weighted by Crippen LogP contribution is -2.54. The molecule has 0 radical (unpaired) electrons. The third kappa shape index (κ3) is 3.12. The fourth-order valence-electron chi connectivity index (χ4n) is 3.71. The minimum atomic E-state index is 0.484. The molecule has 2 heterocycles. The van der Waals surface area contributed by atoms with Crippen molar-refractivity contribution in [3.63, 3.8) is 0 Å². The van der Waals surface area contributed by atoms with Gasteiger partial charge in [-0.3, -0.25) is 9.80 Å². The molecule has 1 aromatic carbocycles. The summed E-state index contributed by atoms with van der Waals surface area (Å²) in [5.74, 6) is 0. The molecular weight excluding hydrogens is 278 g/mol. The van der Waals surface area contributed by atoms with E-state index >= 15 is 0 Å². The lowest BCUT2D eigenvalue weighted by atomic mass is 10.0. The minimum absolute atomic E-state index is 0.484. The van der Waals surface area contributed by atoms with E-state index in [-0.39, 0.29) is 0 Å². The van der Waals surface area contributed by atoms with Crippen molar-refractivity contribution in [1.29, 1.82) is 0 Å². The molecule has 0 saturated carbocycles. The van der Waals surface area contributed by atoms with E-state index in [4.69, 9.17) is 18.0 Å². The second-order valence-electron chi connectivity index (χ2n) is 6.57. The lowest BCUT2D eigenvalue weighted by Gasteiger charge is -2.42. The maximum atomic E-state index is 5.71. The van der Waals surface area contributed by atoms with Crippen LogP contribution < -0.4 is 5.73 Å². The highest BCUT2D eigenvalue weighted by Gasteiger charge is 2.34. The molecule has 2 aliphatic rings. The first kappa shape index (κ1) is 14.9. The number of hydrogen-bond donors (Lipinski definition) is 1. The maximum Gasteiger partial charge on any atom is 0.103 e. The van der Waals surface area contributed by atoms with Crippen LogP contribution in [0.5, 0.6) is 0 Å². The number of aryl methyl sites for hydroxylation is 1. The third-order valence-corrected chi connectivity index (χ3v) is 5.30. The van der Waals surface area contributed by atoms with E-state index in [0.29, 0.717) is 11.0 Å². The van der Waals surface area contributed by atoms with E-state index in [1.807, 2.05) is 0 Å². The summed E-state index contributed by atoms with van der Waals surface area (Å²) in [7, 11) is 0. The van der Waals surface area contributed by atoms with Crippen LogP contribution >= 0.6 is 12.2 Å². The van der Waals surface area contributed by atoms with Gasteiger partial charge >= 0.3 is 0 Å². The SMILES string of the molecule is Cc1cc(C(N)=S)ccc1CN1CC2CCCN2CC1C. The largest absolute Gasteiger partial charge is 0.389 e. The van der Waals surface area contributed by atoms with Crippen molar-refractivity contribution in [1.82, 2.24) is 9.80 Å². The summed E-state index contributed by atoms with van der Waals surface area (Å²) in [6.45, 7) is 9.27. The Morgan fingerprint density at radius 1 is 1.38 bits per heavy atom. The first-order valence-corrected chi connectivity index (χ1v) is 8.33. The van der Waals surface area contributed by atoms with Gasteiger partial charge in [-0.25, -0.2) is 0 Å². The van der Waals surface area contributed by atoms with Crippen molar-refractivity contribution in [3.05, 3.63) is 34.9 Å². The molecule has 0 amide bonds. The van der Waals surface area contributed by atoms with Crippen LogP contribution in [0.15, 0.2) is 18.2 Å². The Kier molecular flexibility index (Phi) is 4.29. The van der Waals surface area contributed by atoms with E-state index in [1.165, 1.54) is 43.6 Å². The molecule has 2 aliphatic heterocycles. The van der Waals surface area contributed by atoms with Gasteiger partial charge in [0.1, 0.15) is 4.99 Å². The third-order valence-electron chi connectivity index (χ3n) is 5.07. The first-order chi connectivity index (χ1) is 10.0. The van der Waals surface area contributed by atoms with Gasteiger partial charge in [0.25, 0.3) is 0 Å². The van der Waals surface area contributed by atoms with Gasteiger partial charge in [0.05, 0.1) is 0 Å². The average molecular weight is 303 g/mol. The van der Waals surface area contributed by atoms with E-state index in [1.54, 1.807) is 0 Å². The molecule has 4 heteroatoms. The van der Waals surface area contributed by atoms with Gasteiger partial charge in [0.15, 0.2) is 0 Å². The number of rotatable bonds is 3. The molecule has 3 rings (SSSR count). The van der Waals surface area contributed by atoms with Gasteiger partial charge in [0.2, 0.25) is 0 Å². The van der Waals surface area contributed by atoms with E-state index < -0.39 is 0 Å². The Morgan fingerprint density at radius 2 is 2.19 bits per heavy atom. The first-order valence-electron chi connectivity index (χ1n) is 7.92. The zero-order valence-electron chi connectivity index (χ0n) is 13.0. The Labute approximate surface area is 133 Å². The maximum absolute atomic E-state index is 5.71. The molecule has 0 aliphatic carbocycles. The number of fused-ring (bicyclic) bond motifs is 1. The monoisotopic (exact) mass is 303 g/mol. The molecule has 0 aromatic heterocycles. The van der Waals surface area contributed by atoms with E-state index in [0.717, 1.165) is 18.2 Å². The van der Waals surface area contributed by atoms with E-state index in [2.05, 4.69) is 41.8 Å². The fraction of sp³-hybridized carbons (Fsp3) is 0.588. The highest BCUT2D eigenvalue weighted by atomic mass is 32.1. The summed E-state index contributed by atoms with van der Waals surface area (Å²) in [6, 6.07) is 7.78. The number of piperazine rings is 1. The van der Waals surface area contributed by atoms with Gasteiger partial charge in [-0.05, 0) is 50.4 Å². The summed E-state index contributed by atoms with van der Waals surface area (Å²) in [4.78, 5) is 5.79. The highest BCUT2D eigenvalue weighted by Crippen LogP contribution is 2.26. The summed E-state index contributed by atoms with van der Waals surface area (Å²) in [5.41, 5.74) is 9.37. The van der Waals surface area contributed by atoms with Gasteiger partial charge < -0.3 is 5.73 Å². The predicted molar refractivity (Wildman–Crippen MR) is 91.5 cm³/mol. The Bertz CT molecular complexity index is 543. The Hall–Kier alpha value is -0.970. The van der Waals surface area contributed by atoms with Crippen molar-refractivity contribution in [2.75, 3.05) is 19.6 Å². The van der Waals surface area contributed by atoms with Crippen LogP contribution in [0.25, 0.3) is 0 Å². The van der Waals surface area contributed by atoms with Gasteiger partial charge in [-0.2, -0.15) is 0 Å². The summed E-state index contributed by atoms with van der Waals surface area (Å²) < 4.78 is 0. The molecule has 2 unspecified atom stereocenters. The highest BCUT2D eigenvalue weighted by molar-refractivity contribution is 7.80. The van der Waals surface area contributed by atoms with Crippen molar-refractivity contribution in [2.24, 2.45) is 5.73 Å². The number of hydrogen-bond acceptors (Lipinski definition) is 3. The molecule has 1 aromatic rings. The molecule has 2 saturated heterocycles. The Balaban J connectivity index is 1.72. The number of nitrogens with zero attached hydrogens (tertiary/aromatic N) is 2. The second-order valence-corrected chi connectivity index (χ2v) is 7.01. The van der Waals surface area contributed by atoms with Crippen molar-refractivity contribution in [3.8, 4) is 0 Å². The van der Waals surface area contributed by atoms with Gasteiger partial charge in [-0.15, -0.1) is 0 Å². The summed E-state index contributed by atoms with van der Waals surface area (Å²) in [6.07, 6.45) is 2.73. The van der Waals surface area contributed by atoms with E-state index in [9.17, 15) is 0 Å². The van der Waals surface area contributed by atoms with Crippen molar-refractivity contribution >= 4 is 17.2 Å². The summed E-state index contributed by atoms with van der Waals surface area (Å²) >= 11 is 5.06. The molecule has 2 N–H and O–H groups in total. The lowest BCUT2D eigenvalue weighted by molar-refractivity contribution is 0.0539. The number of thiocarbonyl (C=S) groups is 1. The zero-order valence-corrected chi connectivity index (χ0v) is 13.8. The standard InChI is InChI=1S/C17H25N3S/c1-12-8-14(17(18)21)5-6-15(12)10-20-11-16-4-3-7-19(16)9-13(20)2/h5-6,8,13,16H,3-4,7,9-11H2,1-2H3,(H2,18,21). The molecule has 3 nitrogen and oxygen atoms in total. The summed E-state index contributed by atoms with van der Waals surface area (Å²) in [5, 5.41) is 0. The van der Waals surface area contributed by atoms with Crippen LogP contribution in [-0.4, -0.2) is 46.5 Å². The van der Waals surface area contributed by atoms with Crippen LogP contribution in [0, 0.1) is 6.92 Å². The molecule has 0 spiro atoms. The minimum Gasteiger partial charge on any atom is -0.389 e. The second kappa shape index (κ2) is 6.03. The molecule has 2 fully saturated rings. The number of nitrogens with two attached hydrogens (primary N) is 1. The zero-order chi connectivity index (χ0) is 15.0. The van der Waals surface area contributed by atoms with Crippen molar-refractivity contribution < 1.29 is 0 Å². The number of benzene rings is 1. The van der Waals surface area contributed by atoms with Crippen LogP contribution in [0.4, 0.5) is 0 Å². The van der Waals surface area contributed by atoms with Gasteiger partial charge in [-0.1, -0.05) is 24.4 Å².